The molecule has 3 fully saturated rings. The summed E-state index contributed by atoms with van der Waals surface area (Å²) in [5.74, 6) is 1.64. The minimum absolute atomic E-state index is 0.343. The van der Waals surface area contributed by atoms with Gasteiger partial charge in [0.1, 0.15) is 0 Å². The molecule has 0 spiro atoms. The Bertz CT molecular complexity index is 565. The Kier molecular flexibility index (Phi) is 6.43. The molecule has 0 radical (unpaired) electrons. The van der Waals surface area contributed by atoms with Crippen LogP contribution in [0.1, 0.15) is 96.0 Å². The lowest BCUT2D eigenvalue weighted by Gasteiger charge is -2.44. The topological polar surface area (TPSA) is 50.1 Å². The minimum atomic E-state index is 0.343. The second-order valence-electron chi connectivity index (χ2n) is 9.33. The van der Waals surface area contributed by atoms with Gasteiger partial charge in [-0.15, -0.1) is 5.10 Å². The SMILES string of the molecule is CC(C)[C@@H](c1nnnn1C1CCCCC1)N1CCN(C2CCCCC2)CC1. The summed E-state index contributed by atoms with van der Waals surface area (Å²) < 4.78 is 2.19. The first-order chi connectivity index (χ1) is 13.2. The van der Waals surface area contributed by atoms with E-state index in [1.54, 1.807) is 0 Å². The van der Waals surface area contributed by atoms with Crippen LogP contribution in [-0.4, -0.2) is 62.2 Å². The van der Waals surface area contributed by atoms with E-state index in [1.807, 2.05) is 0 Å². The van der Waals surface area contributed by atoms with Gasteiger partial charge < -0.3 is 0 Å². The van der Waals surface area contributed by atoms with Crippen molar-refractivity contribution in [2.24, 2.45) is 5.92 Å². The summed E-state index contributed by atoms with van der Waals surface area (Å²) in [6.45, 7) is 9.38. The van der Waals surface area contributed by atoms with Crippen molar-refractivity contribution < 1.29 is 0 Å². The van der Waals surface area contributed by atoms with Crippen LogP contribution in [0.15, 0.2) is 0 Å². The minimum Gasteiger partial charge on any atom is -0.298 e. The van der Waals surface area contributed by atoms with E-state index in [2.05, 4.69) is 43.9 Å². The molecule has 0 unspecified atom stereocenters. The van der Waals surface area contributed by atoms with Gasteiger partial charge in [0.25, 0.3) is 0 Å². The lowest BCUT2D eigenvalue weighted by atomic mass is 9.93. The molecule has 2 heterocycles. The molecule has 3 aliphatic rings. The summed E-state index contributed by atoms with van der Waals surface area (Å²) in [5, 5.41) is 13.1. The van der Waals surface area contributed by atoms with E-state index in [1.165, 1.54) is 77.3 Å². The normalized spacial score (nSPS) is 25.9. The summed E-state index contributed by atoms with van der Waals surface area (Å²) >= 11 is 0. The van der Waals surface area contributed by atoms with Gasteiger partial charge in [-0.25, -0.2) is 4.68 Å². The van der Waals surface area contributed by atoms with E-state index in [0.717, 1.165) is 25.0 Å². The highest BCUT2D eigenvalue weighted by Crippen LogP contribution is 2.34. The van der Waals surface area contributed by atoms with Crippen molar-refractivity contribution >= 4 is 0 Å². The smallest absolute Gasteiger partial charge is 0.168 e. The molecule has 4 rings (SSSR count). The van der Waals surface area contributed by atoms with Crippen LogP contribution in [0.5, 0.6) is 0 Å². The van der Waals surface area contributed by atoms with Gasteiger partial charge in [-0.1, -0.05) is 52.4 Å². The van der Waals surface area contributed by atoms with Gasteiger partial charge in [-0.2, -0.15) is 0 Å². The van der Waals surface area contributed by atoms with Crippen molar-refractivity contribution in [2.75, 3.05) is 26.2 Å². The highest BCUT2D eigenvalue weighted by molar-refractivity contribution is 4.99. The first kappa shape index (κ1) is 19.3. The molecule has 2 aliphatic carbocycles. The van der Waals surface area contributed by atoms with Crippen molar-refractivity contribution in [1.82, 2.24) is 30.0 Å². The van der Waals surface area contributed by atoms with Crippen molar-refractivity contribution in [3.8, 4) is 0 Å². The third-order valence-corrected chi connectivity index (χ3v) is 7.17. The molecule has 1 aliphatic heterocycles. The maximum atomic E-state index is 4.54. The molecule has 6 heteroatoms. The van der Waals surface area contributed by atoms with Crippen LogP contribution in [0.25, 0.3) is 0 Å². The Labute approximate surface area is 164 Å². The number of piperazine rings is 1. The molecule has 0 N–H and O–H groups in total. The van der Waals surface area contributed by atoms with Gasteiger partial charge in [0.2, 0.25) is 0 Å². The monoisotopic (exact) mass is 374 g/mol. The van der Waals surface area contributed by atoms with Gasteiger partial charge in [0.15, 0.2) is 5.82 Å². The molecule has 27 heavy (non-hydrogen) atoms. The summed E-state index contributed by atoms with van der Waals surface area (Å²) in [7, 11) is 0. The maximum Gasteiger partial charge on any atom is 0.168 e. The van der Waals surface area contributed by atoms with Crippen LogP contribution >= 0.6 is 0 Å². The van der Waals surface area contributed by atoms with Gasteiger partial charge in [-0.3, -0.25) is 9.80 Å². The second-order valence-corrected chi connectivity index (χ2v) is 9.33. The highest BCUT2D eigenvalue weighted by atomic mass is 15.6. The number of hydrogen-bond donors (Lipinski definition) is 0. The Hall–Kier alpha value is -1.01. The van der Waals surface area contributed by atoms with Crippen LogP contribution in [0.2, 0.25) is 0 Å². The number of rotatable bonds is 5. The van der Waals surface area contributed by atoms with Crippen molar-refractivity contribution in [3.05, 3.63) is 5.82 Å². The quantitative estimate of drug-likeness (QED) is 0.784. The molecule has 2 saturated carbocycles. The lowest BCUT2D eigenvalue weighted by molar-refractivity contribution is 0.0384. The van der Waals surface area contributed by atoms with Gasteiger partial charge in [-0.05, 0) is 42.0 Å². The number of aromatic nitrogens is 4. The molecule has 0 amide bonds. The van der Waals surface area contributed by atoms with Crippen LogP contribution in [0.3, 0.4) is 0 Å². The molecule has 1 saturated heterocycles. The third kappa shape index (κ3) is 4.37. The van der Waals surface area contributed by atoms with E-state index in [4.69, 9.17) is 0 Å². The number of tetrazole rings is 1. The van der Waals surface area contributed by atoms with Gasteiger partial charge in [0.05, 0.1) is 12.1 Å². The Morgan fingerprint density at radius 3 is 1.96 bits per heavy atom. The van der Waals surface area contributed by atoms with Crippen LogP contribution in [0, 0.1) is 5.92 Å². The van der Waals surface area contributed by atoms with Crippen molar-refractivity contribution in [2.45, 2.75) is 96.2 Å². The van der Waals surface area contributed by atoms with E-state index in [-0.39, 0.29) is 0 Å². The number of hydrogen-bond acceptors (Lipinski definition) is 5. The third-order valence-electron chi connectivity index (χ3n) is 7.17. The highest BCUT2D eigenvalue weighted by Gasteiger charge is 2.34. The zero-order valence-electron chi connectivity index (χ0n) is 17.4. The molecule has 6 nitrogen and oxygen atoms in total. The fourth-order valence-corrected chi connectivity index (χ4v) is 5.69. The average molecular weight is 375 g/mol. The summed E-state index contributed by atoms with van der Waals surface area (Å²) in [5.41, 5.74) is 0. The lowest BCUT2D eigenvalue weighted by Crippen LogP contribution is -2.52. The van der Waals surface area contributed by atoms with Crippen LogP contribution in [-0.2, 0) is 0 Å². The molecule has 152 valence electrons. The molecule has 1 aromatic rings. The number of nitrogens with zero attached hydrogens (tertiary/aromatic N) is 6. The van der Waals surface area contributed by atoms with Gasteiger partial charge >= 0.3 is 0 Å². The Morgan fingerprint density at radius 1 is 0.778 bits per heavy atom. The summed E-state index contributed by atoms with van der Waals surface area (Å²) in [6.07, 6.45) is 13.6. The molecular weight excluding hydrogens is 336 g/mol. The fraction of sp³-hybridized carbons (Fsp3) is 0.952. The molecule has 0 aromatic carbocycles. The maximum absolute atomic E-state index is 4.54. The summed E-state index contributed by atoms with van der Waals surface area (Å²) in [6, 6.07) is 1.69. The molecule has 1 aromatic heterocycles. The average Bonchev–Trinajstić information content (AvgIpc) is 3.19. The molecule has 1 atom stereocenters. The van der Waals surface area contributed by atoms with E-state index < -0.39 is 0 Å². The van der Waals surface area contributed by atoms with Crippen molar-refractivity contribution in [1.29, 1.82) is 0 Å². The zero-order valence-corrected chi connectivity index (χ0v) is 17.4. The zero-order chi connectivity index (χ0) is 18.6. The van der Waals surface area contributed by atoms with Crippen LogP contribution < -0.4 is 0 Å². The molecule has 0 bridgehead atoms. The molecular formula is C21H38N6. The standard InChI is InChI=1S/C21H38N6/c1-17(2)20(21-22-23-24-27(21)19-11-7-4-8-12-19)26-15-13-25(14-16-26)18-9-5-3-6-10-18/h17-20H,3-16H2,1-2H3/t20-/m0/s1. The predicted octanol–water partition coefficient (Wildman–Crippen LogP) is 3.83. The van der Waals surface area contributed by atoms with Gasteiger partial charge in [0, 0.05) is 32.2 Å². The second kappa shape index (κ2) is 8.99. The van der Waals surface area contributed by atoms with Crippen molar-refractivity contribution in [3.63, 3.8) is 0 Å². The largest absolute Gasteiger partial charge is 0.298 e. The summed E-state index contributed by atoms with van der Waals surface area (Å²) in [4.78, 5) is 5.42. The fourth-order valence-electron chi connectivity index (χ4n) is 5.69. The Morgan fingerprint density at radius 2 is 1.37 bits per heavy atom. The Balaban J connectivity index is 1.44. The predicted molar refractivity (Wildman–Crippen MR) is 108 cm³/mol. The van der Waals surface area contributed by atoms with E-state index >= 15 is 0 Å². The van der Waals surface area contributed by atoms with E-state index in [9.17, 15) is 0 Å². The van der Waals surface area contributed by atoms with Crippen LogP contribution in [0.4, 0.5) is 0 Å². The van der Waals surface area contributed by atoms with E-state index in [0.29, 0.717) is 18.0 Å². The first-order valence-electron chi connectivity index (χ1n) is 11.5. The first-order valence-corrected chi connectivity index (χ1v) is 11.5.